The molecule has 1 aromatic carbocycles. The first-order valence-corrected chi connectivity index (χ1v) is 8.17. The van der Waals surface area contributed by atoms with E-state index in [1.807, 2.05) is 0 Å². The summed E-state index contributed by atoms with van der Waals surface area (Å²) in [5.74, 6) is -2.23. The third-order valence-electron chi connectivity index (χ3n) is 3.62. The summed E-state index contributed by atoms with van der Waals surface area (Å²) >= 11 is 1.22. The molecule has 4 rings (SSSR count). The number of thiazole rings is 1. The highest BCUT2D eigenvalue weighted by Crippen LogP contribution is 2.37. The number of carbonyl (C=O) groups is 1. The van der Waals surface area contributed by atoms with Crippen LogP contribution in [0.2, 0.25) is 0 Å². The Morgan fingerprint density at radius 3 is 2.88 bits per heavy atom. The molecule has 0 atom stereocenters. The van der Waals surface area contributed by atoms with Gasteiger partial charge in [0.25, 0.3) is 5.91 Å². The number of hydrogen-bond donors (Lipinski definition) is 0. The first-order valence-electron chi connectivity index (χ1n) is 7.29. The number of aromatic nitrogens is 3. The summed E-state index contributed by atoms with van der Waals surface area (Å²) in [6.07, 6.45) is 4.59. The fourth-order valence-corrected chi connectivity index (χ4v) is 3.26. The van der Waals surface area contributed by atoms with Gasteiger partial charge >= 0.3 is 0 Å². The molecule has 1 aliphatic rings. The minimum Gasteiger partial charge on any atom is -0.486 e. The topological polar surface area (TPSA) is 68.2 Å². The average Bonchev–Trinajstić information content (AvgIpc) is 3.15. The summed E-state index contributed by atoms with van der Waals surface area (Å²) in [5, 5.41) is 2.07. The van der Waals surface area contributed by atoms with Crippen molar-refractivity contribution in [3.63, 3.8) is 0 Å². The Labute approximate surface area is 144 Å². The number of nitrogens with zero attached hydrogens (tertiary/aromatic N) is 4. The fraction of sp³-hybridized carbons (Fsp3) is 0.125. The van der Waals surface area contributed by atoms with Crippen molar-refractivity contribution in [3.05, 3.63) is 53.4 Å². The predicted octanol–water partition coefficient (Wildman–Crippen LogP) is 2.92. The van der Waals surface area contributed by atoms with Crippen molar-refractivity contribution >= 4 is 22.9 Å². The van der Waals surface area contributed by atoms with Crippen molar-refractivity contribution in [2.75, 3.05) is 18.1 Å². The molecule has 1 aliphatic heterocycles. The highest BCUT2D eigenvalue weighted by Gasteiger charge is 2.31. The SMILES string of the molecule is O=C(c1csc(-c2cnccn2)n1)N1CCOc2c(F)ccc(F)c21. The second kappa shape index (κ2) is 6.17. The lowest BCUT2D eigenvalue weighted by Crippen LogP contribution is -2.39. The molecule has 0 N–H and O–H groups in total. The van der Waals surface area contributed by atoms with Gasteiger partial charge in [0.15, 0.2) is 17.4 Å². The van der Waals surface area contributed by atoms with Crippen molar-refractivity contribution in [3.8, 4) is 16.5 Å². The van der Waals surface area contributed by atoms with E-state index in [0.717, 1.165) is 17.0 Å². The van der Waals surface area contributed by atoms with Crippen molar-refractivity contribution in [1.29, 1.82) is 0 Å². The molecule has 3 aromatic rings. The molecule has 0 aliphatic carbocycles. The molecule has 0 bridgehead atoms. The summed E-state index contributed by atoms with van der Waals surface area (Å²) in [7, 11) is 0. The van der Waals surface area contributed by atoms with Gasteiger partial charge in [-0.2, -0.15) is 0 Å². The molecule has 0 radical (unpaired) electrons. The van der Waals surface area contributed by atoms with Crippen LogP contribution in [0.15, 0.2) is 36.1 Å². The number of fused-ring (bicyclic) bond motifs is 1. The van der Waals surface area contributed by atoms with Crippen LogP contribution in [-0.2, 0) is 0 Å². The first-order chi connectivity index (χ1) is 12.1. The summed E-state index contributed by atoms with van der Waals surface area (Å²) < 4.78 is 33.2. The van der Waals surface area contributed by atoms with E-state index in [9.17, 15) is 13.6 Å². The maximum atomic E-state index is 14.2. The predicted molar refractivity (Wildman–Crippen MR) is 86.7 cm³/mol. The number of carbonyl (C=O) groups excluding carboxylic acids is 1. The van der Waals surface area contributed by atoms with E-state index in [4.69, 9.17) is 4.74 Å². The highest BCUT2D eigenvalue weighted by molar-refractivity contribution is 7.13. The molecule has 2 aromatic heterocycles. The van der Waals surface area contributed by atoms with Gasteiger partial charge in [0, 0.05) is 17.8 Å². The van der Waals surface area contributed by atoms with Crippen LogP contribution >= 0.6 is 11.3 Å². The second-order valence-electron chi connectivity index (χ2n) is 5.14. The molecular weight excluding hydrogens is 350 g/mol. The molecule has 1 amide bonds. The molecule has 9 heteroatoms. The van der Waals surface area contributed by atoms with Crippen molar-refractivity contribution in [1.82, 2.24) is 15.0 Å². The lowest BCUT2D eigenvalue weighted by molar-refractivity contribution is 0.0970. The number of halogens is 2. The van der Waals surface area contributed by atoms with Crippen molar-refractivity contribution < 1.29 is 18.3 Å². The molecular formula is C16H10F2N4O2S. The number of hydrogen-bond acceptors (Lipinski definition) is 6. The molecule has 126 valence electrons. The van der Waals surface area contributed by atoms with E-state index in [-0.39, 0.29) is 30.3 Å². The number of benzene rings is 1. The Kier molecular flexibility index (Phi) is 3.85. The van der Waals surface area contributed by atoms with E-state index < -0.39 is 17.5 Å². The fourth-order valence-electron chi connectivity index (χ4n) is 2.50. The summed E-state index contributed by atoms with van der Waals surface area (Å²) in [6, 6.07) is 1.94. The van der Waals surface area contributed by atoms with Crippen molar-refractivity contribution in [2.45, 2.75) is 0 Å². The average molecular weight is 360 g/mol. The molecule has 0 saturated heterocycles. The first kappa shape index (κ1) is 15.6. The molecule has 0 spiro atoms. The Hall–Kier alpha value is -2.94. The van der Waals surface area contributed by atoms with Crippen LogP contribution in [0.25, 0.3) is 10.7 Å². The van der Waals surface area contributed by atoms with Gasteiger partial charge in [0.05, 0.1) is 12.7 Å². The maximum absolute atomic E-state index is 14.2. The van der Waals surface area contributed by atoms with E-state index in [0.29, 0.717) is 10.7 Å². The van der Waals surface area contributed by atoms with Gasteiger partial charge in [0.2, 0.25) is 0 Å². The molecule has 6 nitrogen and oxygen atoms in total. The minimum absolute atomic E-state index is 0.0697. The lowest BCUT2D eigenvalue weighted by atomic mass is 10.2. The van der Waals surface area contributed by atoms with Gasteiger partial charge in [-0.15, -0.1) is 11.3 Å². The standard InChI is InChI=1S/C16H10F2N4O2S/c17-9-1-2-10(18)14-13(9)22(5-6-24-14)16(23)12-8-25-15(21-12)11-7-19-3-4-20-11/h1-4,7-8H,5-6H2. The summed E-state index contributed by atoms with van der Waals surface area (Å²) in [6.45, 7) is 0.171. The smallest absolute Gasteiger partial charge is 0.278 e. The second-order valence-corrected chi connectivity index (χ2v) is 6.00. The Morgan fingerprint density at radius 2 is 2.08 bits per heavy atom. The molecule has 25 heavy (non-hydrogen) atoms. The van der Waals surface area contributed by atoms with E-state index in [1.54, 1.807) is 5.38 Å². The van der Waals surface area contributed by atoms with Crippen LogP contribution in [-0.4, -0.2) is 34.0 Å². The van der Waals surface area contributed by atoms with Gasteiger partial charge in [-0.25, -0.2) is 13.8 Å². The molecule has 0 unspecified atom stereocenters. The Balaban J connectivity index is 1.70. The van der Waals surface area contributed by atoms with Gasteiger partial charge in [-0.05, 0) is 12.1 Å². The van der Waals surface area contributed by atoms with Gasteiger partial charge in [0.1, 0.15) is 28.7 Å². The molecule has 0 saturated carbocycles. The largest absolute Gasteiger partial charge is 0.486 e. The highest BCUT2D eigenvalue weighted by atomic mass is 32.1. The number of rotatable bonds is 2. The zero-order valence-corrected chi connectivity index (χ0v) is 13.5. The maximum Gasteiger partial charge on any atom is 0.278 e. The molecule has 3 heterocycles. The number of anilines is 1. The van der Waals surface area contributed by atoms with Crippen LogP contribution in [0.1, 0.15) is 10.5 Å². The zero-order chi connectivity index (χ0) is 17.4. The Bertz CT molecular complexity index is 949. The number of amides is 1. The minimum atomic E-state index is -0.728. The number of ether oxygens (including phenoxy) is 1. The molecule has 0 fully saturated rings. The third kappa shape index (κ3) is 2.72. The van der Waals surface area contributed by atoms with Gasteiger partial charge in [-0.3, -0.25) is 19.7 Å². The van der Waals surface area contributed by atoms with Crippen LogP contribution in [0, 0.1) is 11.6 Å². The quantitative estimate of drug-likeness (QED) is 0.703. The lowest BCUT2D eigenvalue weighted by Gasteiger charge is -2.29. The van der Waals surface area contributed by atoms with Gasteiger partial charge in [-0.1, -0.05) is 0 Å². The van der Waals surface area contributed by atoms with Gasteiger partial charge < -0.3 is 4.74 Å². The van der Waals surface area contributed by atoms with Crippen LogP contribution < -0.4 is 9.64 Å². The van der Waals surface area contributed by atoms with Crippen molar-refractivity contribution in [2.24, 2.45) is 0 Å². The summed E-state index contributed by atoms with van der Waals surface area (Å²) in [4.78, 5) is 26.2. The zero-order valence-electron chi connectivity index (χ0n) is 12.6. The normalized spacial score (nSPS) is 13.3. The monoisotopic (exact) mass is 360 g/mol. The van der Waals surface area contributed by atoms with E-state index in [1.165, 1.54) is 29.9 Å². The van der Waals surface area contributed by atoms with Crippen LogP contribution in [0.3, 0.4) is 0 Å². The Morgan fingerprint density at radius 1 is 1.24 bits per heavy atom. The summed E-state index contributed by atoms with van der Waals surface area (Å²) in [5.41, 5.74) is 0.457. The van der Waals surface area contributed by atoms with E-state index >= 15 is 0 Å². The van der Waals surface area contributed by atoms with Crippen LogP contribution in [0.5, 0.6) is 5.75 Å². The van der Waals surface area contributed by atoms with Crippen LogP contribution in [0.4, 0.5) is 14.5 Å². The van der Waals surface area contributed by atoms with E-state index in [2.05, 4.69) is 15.0 Å². The third-order valence-corrected chi connectivity index (χ3v) is 4.48.